The van der Waals surface area contributed by atoms with Gasteiger partial charge < -0.3 is 24.8 Å². The summed E-state index contributed by atoms with van der Waals surface area (Å²) in [6.45, 7) is 8.11. The van der Waals surface area contributed by atoms with E-state index in [1.807, 2.05) is 7.05 Å². The first-order valence-corrected chi connectivity index (χ1v) is 10.4. The van der Waals surface area contributed by atoms with E-state index in [-0.39, 0.29) is 36.0 Å². The van der Waals surface area contributed by atoms with Gasteiger partial charge in [-0.1, -0.05) is 0 Å². The van der Waals surface area contributed by atoms with Crippen LogP contribution >= 0.6 is 0 Å². The van der Waals surface area contributed by atoms with Crippen LogP contribution in [0, 0.1) is 16.7 Å². The van der Waals surface area contributed by atoms with Gasteiger partial charge in [0.2, 0.25) is 0 Å². The molecule has 1 aliphatic heterocycles. The third-order valence-electron chi connectivity index (χ3n) is 6.80. The third-order valence-corrected chi connectivity index (χ3v) is 6.80. The van der Waals surface area contributed by atoms with Crippen LogP contribution < -0.4 is 0 Å². The Kier molecular flexibility index (Phi) is 7.68. The van der Waals surface area contributed by atoms with Crippen LogP contribution in [0.3, 0.4) is 0 Å². The Morgan fingerprint density at radius 1 is 1.10 bits per heavy atom. The van der Waals surface area contributed by atoms with Gasteiger partial charge in [0.15, 0.2) is 6.10 Å². The van der Waals surface area contributed by atoms with Crippen molar-refractivity contribution < 1.29 is 34.4 Å². The van der Waals surface area contributed by atoms with Gasteiger partial charge in [-0.25, -0.2) is 4.79 Å². The van der Waals surface area contributed by atoms with E-state index in [0.29, 0.717) is 17.9 Å². The van der Waals surface area contributed by atoms with Gasteiger partial charge >= 0.3 is 12.1 Å². The molecule has 0 spiro atoms. The van der Waals surface area contributed by atoms with Crippen LogP contribution in [0.15, 0.2) is 5.29 Å². The summed E-state index contributed by atoms with van der Waals surface area (Å²) in [5.74, 6) is -1.42. The number of aliphatic hydroxyl groups is 3. The van der Waals surface area contributed by atoms with Crippen molar-refractivity contribution in [1.29, 1.82) is 0 Å². The predicted octanol–water partition coefficient (Wildman–Crippen LogP) is 0.650. The molecule has 2 aliphatic rings. The van der Waals surface area contributed by atoms with Crippen LogP contribution in [0.1, 0.15) is 47.0 Å². The zero-order valence-electron chi connectivity index (χ0n) is 19.0. The van der Waals surface area contributed by atoms with Gasteiger partial charge in [-0.3, -0.25) is 9.69 Å². The summed E-state index contributed by atoms with van der Waals surface area (Å²) in [5, 5.41) is 33.7. The molecule has 0 bridgehead atoms. The number of rotatable bonds is 5. The molecule has 11 heteroatoms. The van der Waals surface area contributed by atoms with Crippen molar-refractivity contribution in [3.8, 4) is 0 Å². The zero-order chi connectivity index (χ0) is 23.7. The minimum Gasteiger partial charge on any atom is -0.465 e. The molecule has 0 aromatic rings. The molecule has 0 aromatic heterocycles. The van der Waals surface area contributed by atoms with Gasteiger partial charge in [0, 0.05) is 24.0 Å². The summed E-state index contributed by atoms with van der Waals surface area (Å²) in [6, 6.07) is 0. The summed E-state index contributed by atoms with van der Waals surface area (Å²) in [5.41, 5.74) is -0.383. The Labute approximate surface area is 182 Å². The van der Waals surface area contributed by atoms with E-state index >= 15 is 0 Å². The molecule has 0 radical (unpaired) electrons. The molecular weight excluding hydrogens is 410 g/mol. The van der Waals surface area contributed by atoms with Crippen LogP contribution in [-0.4, -0.2) is 93.5 Å². The molecule has 2 rings (SSSR count). The number of amides is 1. The number of carbonyl (C=O) groups excluding carboxylic acids is 2. The lowest BCUT2D eigenvalue weighted by atomic mass is 9.74. The van der Waals surface area contributed by atoms with Gasteiger partial charge in [-0.15, -0.1) is 4.91 Å². The fraction of sp³-hybridized carbons (Fsp3) is 0.900. The topological polar surface area (TPSA) is 149 Å². The highest BCUT2D eigenvalue weighted by Crippen LogP contribution is 2.40. The van der Waals surface area contributed by atoms with E-state index in [0.717, 1.165) is 7.05 Å². The Hall–Kier alpha value is -1.82. The average Bonchev–Trinajstić information content (AvgIpc) is 2.69. The van der Waals surface area contributed by atoms with Crippen molar-refractivity contribution >= 4 is 12.1 Å². The zero-order valence-corrected chi connectivity index (χ0v) is 19.0. The SMILES string of the molecule is CN(N=O)C(=O)O[C@@H]1[C@@H](O)[C@H](O)[C@@H](COC(=O)C2CC(C)(C)N(C)C(C)(C)C2)C[C@H]1O. The second-order valence-electron chi connectivity index (χ2n) is 9.92. The van der Waals surface area contributed by atoms with Crippen molar-refractivity contribution in [2.75, 3.05) is 20.7 Å². The molecule has 3 N–H and O–H groups in total. The average molecular weight is 446 g/mol. The summed E-state index contributed by atoms with van der Waals surface area (Å²) in [6.07, 6.45) is -5.73. The summed E-state index contributed by atoms with van der Waals surface area (Å²) in [7, 11) is 3.09. The van der Waals surface area contributed by atoms with E-state index < -0.39 is 36.4 Å². The summed E-state index contributed by atoms with van der Waals surface area (Å²) < 4.78 is 10.4. The number of nitrogens with zero attached hydrogens (tertiary/aromatic N) is 3. The lowest BCUT2D eigenvalue weighted by Crippen LogP contribution is -2.59. The molecule has 0 aromatic carbocycles. The predicted molar refractivity (Wildman–Crippen MR) is 110 cm³/mol. The van der Waals surface area contributed by atoms with Gasteiger partial charge in [-0.2, -0.15) is 5.01 Å². The highest BCUT2D eigenvalue weighted by Gasteiger charge is 2.48. The van der Waals surface area contributed by atoms with Crippen molar-refractivity contribution in [3.05, 3.63) is 4.91 Å². The number of hydrogen-bond donors (Lipinski definition) is 3. The third kappa shape index (κ3) is 5.51. The minimum atomic E-state index is -1.61. The molecule has 1 heterocycles. The van der Waals surface area contributed by atoms with Gasteiger partial charge in [0.05, 0.1) is 30.0 Å². The Bertz CT molecular complexity index is 667. The van der Waals surface area contributed by atoms with E-state index in [4.69, 9.17) is 9.47 Å². The number of carbonyl (C=O) groups is 2. The van der Waals surface area contributed by atoms with Gasteiger partial charge in [-0.05, 0) is 54.0 Å². The van der Waals surface area contributed by atoms with E-state index in [1.54, 1.807) is 0 Å². The maximum Gasteiger partial charge on any atom is 0.433 e. The monoisotopic (exact) mass is 445 g/mol. The maximum absolute atomic E-state index is 12.7. The molecule has 178 valence electrons. The smallest absolute Gasteiger partial charge is 0.433 e. The molecule has 2 fully saturated rings. The van der Waals surface area contributed by atoms with Crippen LogP contribution in [0.25, 0.3) is 0 Å². The molecule has 0 unspecified atom stereocenters. The fourth-order valence-electron chi connectivity index (χ4n) is 4.67. The molecule has 1 amide bonds. The highest BCUT2D eigenvalue weighted by molar-refractivity contribution is 5.73. The standard InChI is InChI=1S/C20H35N3O8/c1-19(2)8-12(9-20(3,4)23(19)6)17(27)30-10-11-7-13(24)16(15(26)14(11)25)31-18(28)22(5)21-29/h11-16,24-26H,7-10H2,1-6H3/t11-,13-,14-,15+,16+/m1/s1. The first-order chi connectivity index (χ1) is 14.2. The molecule has 31 heavy (non-hydrogen) atoms. The van der Waals surface area contributed by atoms with Crippen molar-refractivity contribution in [1.82, 2.24) is 9.91 Å². The normalized spacial score (nSPS) is 33.4. The van der Waals surface area contributed by atoms with Crippen molar-refractivity contribution in [2.45, 2.75) is 82.5 Å². The van der Waals surface area contributed by atoms with Gasteiger partial charge in [0.25, 0.3) is 0 Å². The molecule has 1 aliphatic carbocycles. The van der Waals surface area contributed by atoms with Crippen molar-refractivity contribution in [2.24, 2.45) is 17.1 Å². The maximum atomic E-state index is 12.7. The molecule has 1 saturated carbocycles. The number of esters is 1. The molecule has 11 nitrogen and oxygen atoms in total. The minimum absolute atomic E-state index is 0.0634. The van der Waals surface area contributed by atoms with Crippen LogP contribution in [0.2, 0.25) is 0 Å². The van der Waals surface area contributed by atoms with E-state index in [2.05, 4.69) is 37.9 Å². The molecule has 5 atom stereocenters. The lowest BCUT2D eigenvalue weighted by molar-refractivity contribution is -0.178. The number of piperidine rings is 1. The second kappa shape index (κ2) is 9.35. The number of hydrogen-bond acceptors (Lipinski definition) is 10. The quantitative estimate of drug-likeness (QED) is 0.315. The Balaban J connectivity index is 1.96. The van der Waals surface area contributed by atoms with Crippen LogP contribution in [0.5, 0.6) is 0 Å². The number of ether oxygens (including phenoxy) is 2. The largest absolute Gasteiger partial charge is 0.465 e. The fourth-order valence-corrected chi connectivity index (χ4v) is 4.67. The molecular formula is C20H35N3O8. The number of likely N-dealkylation sites (tertiary alicyclic amines) is 1. The van der Waals surface area contributed by atoms with E-state index in [1.165, 1.54) is 0 Å². The number of aliphatic hydroxyl groups excluding tert-OH is 3. The van der Waals surface area contributed by atoms with Gasteiger partial charge in [0.1, 0.15) is 6.10 Å². The first-order valence-electron chi connectivity index (χ1n) is 10.4. The van der Waals surface area contributed by atoms with Crippen LogP contribution in [-0.2, 0) is 14.3 Å². The van der Waals surface area contributed by atoms with Crippen molar-refractivity contribution in [3.63, 3.8) is 0 Å². The Morgan fingerprint density at radius 3 is 2.16 bits per heavy atom. The lowest BCUT2D eigenvalue weighted by Gasteiger charge is -2.53. The first kappa shape index (κ1) is 25.4. The highest BCUT2D eigenvalue weighted by atomic mass is 16.6. The summed E-state index contributed by atoms with van der Waals surface area (Å²) in [4.78, 5) is 37.1. The molecule has 1 saturated heterocycles. The Morgan fingerprint density at radius 2 is 1.65 bits per heavy atom. The van der Waals surface area contributed by atoms with E-state index in [9.17, 15) is 29.8 Å². The number of nitroso groups, excluding NO2 is 1. The van der Waals surface area contributed by atoms with Crippen LogP contribution in [0.4, 0.5) is 4.79 Å². The second-order valence-corrected chi connectivity index (χ2v) is 9.92. The summed E-state index contributed by atoms with van der Waals surface area (Å²) >= 11 is 0.